The third-order valence-electron chi connectivity index (χ3n) is 5.76. The van der Waals surface area contributed by atoms with Crippen molar-refractivity contribution in [2.24, 2.45) is 0 Å². The van der Waals surface area contributed by atoms with Crippen LogP contribution < -0.4 is 5.32 Å². The first-order valence-corrected chi connectivity index (χ1v) is 12.4. The van der Waals surface area contributed by atoms with Crippen molar-refractivity contribution in [3.63, 3.8) is 0 Å². The van der Waals surface area contributed by atoms with Gasteiger partial charge < -0.3 is 20.1 Å². The van der Waals surface area contributed by atoms with Gasteiger partial charge in [-0.25, -0.2) is 4.79 Å². The van der Waals surface area contributed by atoms with Crippen molar-refractivity contribution in [2.45, 2.75) is 38.3 Å². The molecule has 0 unspecified atom stereocenters. The Morgan fingerprint density at radius 2 is 1.64 bits per heavy atom. The van der Waals surface area contributed by atoms with E-state index in [1.54, 1.807) is 25.6 Å². The van der Waals surface area contributed by atoms with Crippen LogP contribution in [0.2, 0.25) is 0 Å². The van der Waals surface area contributed by atoms with E-state index in [1.165, 1.54) is 4.90 Å². The van der Waals surface area contributed by atoms with E-state index in [1.807, 2.05) is 42.7 Å². The molecule has 3 rings (SSSR count). The SMILES string of the molecule is CSCC[C@H](NC(=O)OCC1c2ccccc2-c2ccccc21)C(=O)N(CC(=O)O)C(C)C. The molecule has 0 fully saturated rings. The highest BCUT2D eigenvalue weighted by molar-refractivity contribution is 7.98. The molecule has 0 saturated heterocycles. The van der Waals surface area contributed by atoms with Crippen molar-refractivity contribution in [3.8, 4) is 11.1 Å². The predicted octanol–water partition coefficient (Wildman–Crippen LogP) is 3.97. The zero-order valence-electron chi connectivity index (χ0n) is 19.1. The fourth-order valence-corrected chi connectivity index (χ4v) is 4.61. The normalized spacial score (nSPS) is 13.2. The minimum absolute atomic E-state index is 0.0809. The molecule has 0 spiro atoms. The molecular weight excluding hydrogens is 440 g/mol. The topological polar surface area (TPSA) is 95.9 Å². The molecule has 176 valence electrons. The van der Waals surface area contributed by atoms with Crippen LogP contribution in [0.3, 0.4) is 0 Å². The van der Waals surface area contributed by atoms with Gasteiger partial charge in [-0.1, -0.05) is 48.5 Å². The van der Waals surface area contributed by atoms with Crippen molar-refractivity contribution in [3.05, 3.63) is 59.7 Å². The van der Waals surface area contributed by atoms with E-state index >= 15 is 0 Å². The number of carboxylic acid groups (broad SMARTS) is 1. The maximum Gasteiger partial charge on any atom is 0.407 e. The second-order valence-corrected chi connectivity index (χ2v) is 9.24. The van der Waals surface area contributed by atoms with E-state index in [9.17, 15) is 19.5 Å². The average Bonchev–Trinajstić information content (AvgIpc) is 3.12. The van der Waals surface area contributed by atoms with Crippen LogP contribution in [0.1, 0.15) is 37.3 Å². The van der Waals surface area contributed by atoms with E-state index in [0.717, 1.165) is 22.3 Å². The number of hydrogen-bond acceptors (Lipinski definition) is 5. The molecular formula is C25H30N2O5S. The average molecular weight is 471 g/mol. The van der Waals surface area contributed by atoms with Crippen LogP contribution in [0.15, 0.2) is 48.5 Å². The highest BCUT2D eigenvalue weighted by Crippen LogP contribution is 2.44. The lowest BCUT2D eigenvalue weighted by Gasteiger charge is -2.29. The number of carbonyl (C=O) groups excluding carboxylic acids is 2. The van der Waals surface area contributed by atoms with Gasteiger partial charge in [0.2, 0.25) is 5.91 Å². The molecule has 0 aliphatic heterocycles. The molecule has 8 heteroatoms. The van der Waals surface area contributed by atoms with E-state index in [2.05, 4.69) is 17.4 Å². The smallest absolute Gasteiger partial charge is 0.407 e. The molecule has 2 N–H and O–H groups in total. The van der Waals surface area contributed by atoms with Crippen LogP contribution in [0.5, 0.6) is 0 Å². The van der Waals surface area contributed by atoms with Crippen LogP contribution in [0, 0.1) is 0 Å². The minimum Gasteiger partial charge on any atom is -0.480 e. The number of aliphatic carboxylic acids is 1. The lowest BCUT2D eigenvalue weighted by atomic mass is 9.98. The number of thioether (sulfide) groups is 1. The summed E-state index contributed by atoms with van der Waals surface area (Å²) in [5.41, 5.74) is 4.48. The molecule has 1 aliphatic carbocycles. The van der Waals surface area contributed by atoms with Crippen LogP contribution >= 0.6 is 11.8 Å². The fraction of sp³-hybridized carbons (Fsp3) is 0.400. The van der Waals surface area contributed by atoms with Gasteiger partial charge in [0, 0.05) is 12.0 Å². The maximum atomic E-state index is 13.0. The Morgan fingerprint density at radius 3 is 2.15 bits per heavy atom. The zero-order chi connectivity index (χ0) is 24.0. The quantitative estimate of drug-likeness (QED) is 0.546. The third-order valence-corrected chi connectivity index (χ3v) is 6.40. The molecule has 2 aromatic carbocycles. The molecule has 0 bridgehead atoms. The first-order valence-electron chi connectivity index (χ1n) is 11.0. The molecule has 2 amide bonds. The summed E-state index contributed by atoms with van der Waals surface area (Å²) in [6, 6.07) is 15.0. The molecule has 0 aromatic heterocycles. The summed E-state index contributed by atoms with van der Waals surface area (Å²) < 4.78 is 5.58. The van der Waals surface area contributed by atoms with Crippen LogP contribution in [-0.2, 0) is 14.3 Å². The summed E-state index contributed by atoms with van der Waals surface area (Å²) in [7, 11) is 0. The van der Waals surface area contributed by atoms with Gasteiger partial charge in [0.05, 0.1) is 0 Å². The summed E-state index contributed by atoms with van der Waals surface area (Å²) >= 11 is 1.55. The number of carbonyl (C=O) groups is 3. The molecule has 2 aromatic rings. The second kappa shape index (κ2) is 11.2. The van der Waals surface area contributed by atoms with Gasteiger partial charge in [-0.3, -0.25) is 9.59 Å². The highest BCUT2D eigenvalue weighted by Gasteiger charge is 2.31. The first-order chi connectivity index (χ1) is 15.8. The fourth-order valence-electron chi connectivity index (χ4n) is 4.14. The van der Waals surface area contributed by atoms with Gasteiger partial charge in [-0.2, -0.15) is 11.8 Å². The van der Waals surface area contributed by atoms with E-state index < -0.39 is 30.6 Å². The Balaban J connectivity index is 1.70. The Labute approximate surface area is 198 Å². The zero-order valence-corrected chi connectivity index (χ0v) is 19.9. The van der Waals surface area contributed by atoms with Crippen LogP contribution in [0.4, 0.5) is 4.79 Å². The van der Waals surface area contributed by atoms with Gasteiger partial charge in [0.1, 0.15) is 19.2 Å². The van der Waals surface area contributed by atoms with Gasteiger partial charge in [0.15, 0.2) is 0 Å². The number of alkyl carbamates (subject to hydrolysis) is 1. The monoisotopic (exact) mass is 470 g/mol. The number of amides is 2. The number of nitrogens with zero attached hydrogens (tertiary/aromatic N) is 1. The largest absolute Gasteiger partial charge is 0.480 e. The van der Waals surface area contributed by atoms with E-state index in [-0.39, 0.29) is 18.6 Å². The van der Waals surface area contributed by atoms with Crippen molar-refractivity contribution < 1.29 is 24.2 Å². The molecule has 0 radical (unpaired) electrons. The number of rotatable bonds is 10. The van der Waals surface area contributed by atoms with Crippen molar-refractivity contribution >= 4 is 29.7 Å². The second-order valence-electron chi connectivity index (χ2n) is 8.26. The third kappa shape index (κ3) is 5.87. The Kier molecular flexibility index (Phi) is 8.38. The van der Waals surface area contributed by atoms with Gasteiger partial charge in [0.25, 0.3) is 0 Å². The molecule has 0 heterocycles. The summed E-state index contributed by atoms with van der Waals surface area (Å²) in [5.74, 6) is -0.960. The number of benzene rings is 2. The number of fused-ring (bicyclic) bond motifs is 3. The summed E-state index contributed by atoms with van der Waals surface area (Å²) in [5, 5.41) is 11.9. The standard InChI is InChI=1S/C25H30N2O5S/c1-16(2)27(14-23(28)29)24(30)22(12-13-33-3)26-25(31)32-15-21-19-10-6-4-8-17(19)18-9-5-7-11-20(18)21/h4-11,16,21-22H,12-15H2,1-3H3,(H,26,31)(H,28,29)/t22-/m0/s1. The first kappa shape index (κ1) is 24.6. The van der Waals surface area contributed by atoms with Crippen molar-refractivity contribution in [1.29, 1.82) is 0 Å². The Bertz CT molecular complexity index is 964. The lowest BCUT2D eigenvalue weighted by molar-refractivity contribution is -0.146. The van der Waals surface area contributed by atoms with E-state index in [4.69, 9.17) is 4.74 Å². The Morgan fingerprint density at radius 1 is 1.06 bits per heavy atom. The highest BCUT2D eigenvalue weighted by atomic mass is 32.2. The van der Waals surface area contributed by atoms with Crippen LogP contribution in [-0.4, -0.2) is 65.2 Å². The van der Waals surface area contributed by atoms with Crippen LogP contribution in [0.25, 0.3) is 11.1 Å². The van der Waals surface area contributed by atoms with Crippen molar-refractivity contribution in [2.75, 3.05) is 25.2 Å². The summed E-state index contributed by atoms with van der Waals surface area (Å²) in [6.45, 7) is 3.23. The number of nitrogens with one attached hydrogen (secondary N) is 1. The van der Waals surface area contributed by atoms with Gasteiger partial charge in [-0.05, 0) is 54.5 Å². The van der Waals surface area contributed by atoms with Gasteiger partial charge >= 0.3 is 12.1 Å². The van der Waals surface area contributed by atoms with E-state index in [0.29, 0.717) is 12.2 Å². The predicted molar refractivity (Wildman–Crippen MR) is 129 cm³/mol. The summed E-state index contributed by atoms with van der Waals surface area (Å²) in [4.78, 5) is 38.2. The summed E-state index contributed by atoms with van der Waals surface area (Å²) in [6.07, 6.45) is 1.61. The molecule has 1 atom stereocenters. The van der Waals surface area contributed by atoms with Gasteiger partial charge in [-0.15, -0.1) is 0 Å². The Hall–Kier alpha value is -3.00. The molecule has 1 aliphatic rings. The minimum atomic E-state index is -1.10. The molecule has 0 saturated carbocycles. The molecule has 33 heavy (non-hydrogen) atoms. The number of hydrogen-bond donors (Lipinski definition) is 2. The van der Waals surface area contributed by atoms with Crippen molar-refractivity contribution in [1.82, 2.24) is 10.2 Å². The number of carboxylic acids is 1. The number of ether oxygens (including phenoxy) is 1. The maximum absolute atomic E-state index is 13.0. The lowest BCUT2D eigenvalue weighted by Crippen LogP contribution is -2.52. The molecule has 7 nitrogen and oxygen atoms in total.